The molecule has 3 nitrogen and oxygen atoms in total. The van der Waals surface area contributed by atoms with Crippen LogP contribution in [0, 0.1) is 0 Å². The van der Waals surface area contributed by atoms with Crippen molar-refractivity contribution in [1.29, 1.82) is 0 Å². The van der Waals surface area contributed by atoms with Crippen molar-refractivity contribution in [2.24, 2.45) is 0 Å². The van der Waals surface area contributed by atoms with Crippen molar-refractivity contribution in [3.05, 3.63) is 146 Å². The van der Waals surface area contributed by atoms with E-state index in [-0.39, 0.29) is 14.5 Å². The van der Waals surface area contributed by atoms with Crippen LogP contribution in [0.4, 0.5) is 17.1 Å². The third kappa shape index (κ3) is 4.25. The molecular weight excluding hydrogens is 567 g/mol. The van der Waals surface area contributed by atoms with Gasteiger partial charge in [-0.05, 0) is 0 Å². The second-order valence-electron chi connectivity index (χ2n) is 10.0. The standard InChI is InChI=1S/C37H24N2OSe/c1-3-11-25(12-4-1)26-13-9-16-28(23-26)39(27-14-5-2-6-15-27)29-21-22-30-35(24-29)41-34-20-10-17-31(36(30)34)37-38-32-18-7-8-19-33(32)40-37/h1-24H. The molecule has 0 atom stereocenters. The summed E-state index contributed by atoms with van der Waals surface area (Å²) >= 11 is 0.178. The molecular formula is C37H24N2OSe. The predicted octanol–water partition coefficient (Wildman–Crippen LogP) is 9.99. The van der Waals surface area contributed by atoms with Crippen LogP contribution in [-0.2, 0) is 0 Å². The summed E-state index contributed by atoms with van der Waals surface area (Å²) < 4.78 is 8.94. The normalized spacial score (nSPS) is 11.4. The first-order chi connectivity index (χ1) is 20.3. The third-order valence-electron chi connectivity index (χ3n) is 7.49. The molecule has 0 unspecified atom stereocenters. The van der Waals surface area contributed by atoms with E-state index in [0.717, 1.165) is 33.7 Å². The first kappa shape index (κ1) is 24.0. The molecule has 0 radical (unpaired) electrons. The molecule has 2 aromatic heterocycles. The molecule has 0 bridgehead atoms. The number of nitrogens with zero attached hydrogens (tertiary/aromatic N) is 2. The number of rotatable bonds is 5. The van der Waals surface area contributed by atoms with E-state index in [1.54, 1.807) is 0 Å². The van der Waals surface area contributed by atoms with Gasteiger partial charge in [0.25, 0.3) is 0 Å². The topological polar surface area (TPSA) is 29.3 Å². The van der Waals surface area contributed by atoms with Crippen LogP contribution in [0.15, 0.2) is 150 Å². The Labute approximate surface area is 243 Å². The van der Waals surface area contributed by atoms with Gasteiger partial charge < -0.3 is 0 Å². The van der Waals surface area contributed by atoms with Crippen molar-refractivity contribution in [3.63, 3.8) is 0 Å². The molecule has 6 aromatic carbocycles. The van der Waals surface area contributed by atoms with Crippen LogP contribution in [0.2, 0.25) is 0 Å². The second-order valence-corrected chi connectivity index (χ2v) is 12.3. The number of hydrogen-bond donors (Lipinski definition) is 0. The van der Waals surface area contributed by atoms with Crippen LogP contribution in [0.25, 0.3) is 53.0 Å². The van der Waals surface area contributed by atoms with Crippen LogP contribution < -0.4 is 4.90 Å². The van der Waals surface area contributed by atoms with Gasteiger partial charge in [-0.15, -0.1) is 0 Å². The molecule has 0 aliphatic heterocycles. The van der Waals surface area contributed by atoms with Crippen molar-refractivity contribution in [3.8, 4) is 22.6 Å². The Morgan fingerprint density at radius 2 is 1.24 bits per heavy atom. The number of fused-ring (bicyclic) bond motifs is 4. The maximum absolute atomic E-state index is 6.21. The number of anilines is 3. The summed E-state index contributed by atoms with van der Waals surface area (Å²) in [6, 6.07) is 51.3. The van der Waals surface area contributed by atoms with Crippen LogP contribution in [-0.4, -0.2) is 19.5 Å². The molecule has 0 N–H and O–H groups in total. The monoisotopic (exact) mass is 592 g/mol. The number of para-hydroxylation sites is 3. The minimum atomic E-state index is 0.178. The fourth-order valence-electron chi connectivity index (χ4n) is 5.60. The molecule has 0 saturated heterocycles. The fraction of sp³-hybridized carbons (Fsp3) is 0. The zero-order valence-electron chi connectivity index (χ0n) is 22.1. The summed E-state index contributed by atoms with van der Waals surface area (Å²) in [6.45, 7) is 0. The van der Waals surface area contributed by atoms with E-state index in [1.165, 1.54) is 30.4 Å². The number of aromatic nitrogens is 1. The van der Waals surface area contributed by atoms with Gasteiger partial charge in [0.1, 0.15) is 0 Å². The van der Waals surface area contributed by atoms with E-state index in [0.29, 0.717) is 5.89 Å². The molecule has 0 fully saturated rings. The van der Waals surface area contributed by atoms with Gasteiger partial charge in [0, 0.05) is 0 Å². The SMILES string of the molecule is c1ccc(-c2cccc(N(c3ccccc3)c3ccc4c(c3)[se]c3cccc(-c5nc6ccccc6o5)c34)c2)cc1. The quantitative estimate of drug-likeness (QED) is 0.187. The van der Waals surface area contributed by atoms with Gasteiger partial charge in [-0.25, -0.2) is 0 Å². The molecule has 8 aromatic rings. The molecule has 0 aliphatic carbocycles. The van der Waals surface area contributed by atoms with Crippen molar-refractivity contribution in [2.45, 2.75) is 0 Å². The Hall–Kier alpha value is -4.89. The van der Waals surface area contributed by atoms with Crippen LogP contribution in [0.5, 0.6) is 0 Å². The zero-order valence-corrected chi connectivity index (χ0v) is 23.8. The summed E-state index contributed by atoms with van der Waals surface area (Å²) in [7, 11) is 0. The average Bonchev–Trinajstić information content (AvgIpc) is 3.64. The molecule has 0 saturated carbocycles. The van der Waals surface area contributed by atoms with Gasteiger partial charge in [0.2, 0.25) is 0 Å². The molecule has 8 rings (SSSR count). The Kier molecular flexibility index (Phi) is 5.81. The summed E-state index contributed by atoms with van der Waals surface area (Å²) in [5.74, 6) is 0.680. The van der Waals surface area contributed by atoms with Crippen molar-refractivity contribution >= 4 is 62.0 Å². The molecule has 0 aliphatic rings. The Balaban J connectivity index is 1.29. The van der Waals surface area contributed by atoms with Gasteiger partial charge in [-0.1, -0.05) is 0 Å². The average molecular weight is 592 g/mol. The van der Waals surface area contributed by atoms with Gasteiger partial charge in [0.05, 0.1) is 0 Å². The van der Waals surface area contributed by atoms with Crippen molar-refractivity contribution in [1.82, 2.24) is 4.98 Å². The van der Waals surface area contributed by atoms with Crippen molar-refractivity contribution < 1.29 is 4.42 Å². The molecule has 4 heteroatoms. The van der Waals surface area contributed by atoms with E-state index in [2.05, 4.69) is 126 Å². The number of benzene rings is 6. The second kappa shape index (κ2) is 9.94. The van der Waals surface area contributed by atoms with E-state index >= 15 is 0 Å². The van der Waals surface area contributed by atoms with E-state index in [1.807, 2.05) is 24.3 Å². The summed E-state index contributed by atoms with van der Waals surface area (Å²) in [5.41, 5.74) is 8.58. The van der Waals surface area contributed by atoms with Gasteiger partial charge >= 0.3 is 244 Å². The first-order valence-corrected chi connectivity index (χ1v) is 15.3. The fourth-order valence-corrected chi connectivity index (χ4v) is 8.04. The van der Waals surface area contributed by atoms with E-state index in [4.69, 9.17) is 9.40 Å². The molecule has 0 spiro atoms. The summed E-state index contributed by atoms with van der Waals surface area (Å²) in [4.78, 5) is 7.18. The molecule has 2 heterocycles. The van der Waals surface area contributed by atoms with Gasteiger partial charge in [-0.3, -0.25) is 0 Å². The summed E-state index contributed by atoms with van der Waals surface area (Å²) in [6.07, 6.45) is 0. The van der Waals surface area contributed by atoms with Crippen molar-refractivity contribution in [2.75, 3.05) is 4.90 Å². The Morgan fingerprint density at radius 1 is 0.537 bits per heavy atom. The Morgan fingerprint density at radius 3 is 2.10 bits per heavy atom. The predicted molar refractivity (Wildman–Crippen MR) is 172 cm³/mol. The molecule has 194 valence electrons. The van der Waals surface area contributed by atoms with Gasteiger partial charge in [0.15, 0.2) is 0 Å². The minimum absolute atomic E-state index is 0.178. The zero-order chi connectivity index (χ0) is 27.2. The number of hydrogen-bond acceptors (Lipinski definition) is 3. The van der Waals surface area contributed by atoms with Crippen LogP contribution >= 0.6 is 0 Å². The van der Waals surface area contributed by atoms with Gasteiger partial charge in [-0.2, -0.15) is 0 Å². The van der Waals surface area contributed by atoms with Crippen LogP contribution in [0.1, 0.15) is 0 Å². The van der Waals surface area contributed by atoms with E-state index < -0.39 is 0 Å². The third-order valence-corrected chi connectivity index (χ3v) is 9.83. The first-order valence-electron chi connectivity index (χ1n) is 13.6. The van der Waals surface area contributed by atoms with E-state index in [9.17, 15) is 0 Å². The summed E-state index contributed by atoms with van der Waals surface area (Å²) in [5, 5.41) is 2.52. The number of oxazole rings is 1. The maximum atomic E-state index is 6.21. The van der Waals surface area contributed by atoms with Crippen LogP contribution in [0.3, 0.4) is 0 Å². The molecule has 0 amide bonds. The Bertz CT molecular complexity index is 2130. The molecule has 41 heavy (non-hydrogen) atoms.